The van der Waals surface area contributed by atoms with Crippen molar-refractivity contribution in [3.05, 3.63) is 116 Å². The van der Waals surface area contributed by atoms with Crippen LogP contribution in [0.15, 0.2) is 110 Å². The van der Waals surface area contributed by atoms with Gasteiger partial charge in [-0.15, -0.1) is 0 Å². The van der Waals surface area contributed by atoms with Gasteiger partial charge in [0.1, 0.15) is 29.8 Å². The molecular formula is C36H37ClN12O2. The lowest BCUT2D eigenvalue weighted by Crippen LogP contribution is -2.50. The minimum absolute atomic E-state index is 0.0276. The van der Waals surface area contributed by atoms with Crippen molar-refractivity contribution < 1.29 is 9.59 Å². The van der Waals surface area contributed by atoms with Crippen LogP contribution in [0.2, 0.25) is 5.28 Å². The zero-order chi connectivity index (χ0) is 35.9. The Morgan fingerprint density at radius 1 is 0.725 bits per heavy atom. The average molecular weight is 705 g/mol. The van der Waals surface area contributed by atoms with Gasteiger partial charge in [-0.2, -0.15) is 9.97 Å². The number of likely N-dealkylation sites (N-methyl/N-ethyl adjacent to an activating group) is 2. The second-order valence-corrected chi connectivity index (χ2v) is 11.8. The Hall–Kier alpha value is -6.15. The molecule has 0 fully saturated rings. The molecule has 4 aromatic heterocycles. The summed E-state index contributed by atoms with van der Waals surface area (Å²) in [6.07, 6.45) is 14.9. The standard InChI is InChI=1S/C18H18N6O.C15H15ClN4O.C3H4N2/c1-3-14-17(25)22(2)15-11-20-18(23-10-9-19-12-23)21-16(15)24(14)13-7-5-4-6-8-13;1-3-11-14(21)19(2)12-9-17-15(16)18-13(12)20(11)10-7-5-4-6-8-10;1-2-5-3-4-1/h4-12,14H,3H2,1-2H3;4-9,11H,3H2,1-2H3;1-3H,(H,4,5). The molecule has 14 nitrogen and oxygen atoms in total. The molecule has 51 heavy (non-hydrogen) atoms. The summed E-state index contributed by atoms with van der Waals surface area (Å²) in [7, 11) is 3.51. The average Bonchev–Trinajstić information content (AvgIpc) is 3.94. The molecule has 1 N–H and O–H groups in total. The molecule has 6 aromatic rings. The number of amides is 2. The fourth-order valence-corrected chi connectivity index (χ4v) is 6.07. The molecule has 2 aliphatic heterocycles. The van der Waals surface area contributed by atoms with E-state index in [9.17, 15) is 9.59 Å². The van der Waals surface area contributed by atoms with Crippen LogP contribution >= 0.6 is 11.6 Å². The number of nitrogens with one attached hydrogen (secondary N) is 1. The number of aromatic nitrogens is 8. The van der Waals surface area contributed by atoms with Crippen LogP contribution in [-0.2, 0) is 9.59 Å². The Balaban J connectivity index is 0.000000156. The van der Waals surface area contributed by atoms with E-state index >= 15 is 0 Å². The van der Waals surface area contributed by atoms with E-state index in [0.717, 1.165) is 17.2 Å². The van der Waals surface area contributed by atoms with Gasteiger partial charge in [0.2, 0.25) is 23.0 Å². The molecule has 0 spiro atoms. The van der Waals surface area contributed by atoms with Crippen LogP contribution in [-0.4, -0.2) is 77.4 Å². The third kappa shape index (κ3) is 7.12. The molecule has 0 bridgehead atoms. The van der Waals surface area contributed by atoms with Crippen molar-refractivity contribution in [2.24, 2.45) is 0 Å². The van der Waals surface area contributed by atoms with Crippen LogP contribution in [0.5, 0.6) is 0 Å². The predicted octanol–water partition coefficient (Wildman–Crippen LogP) is 5.99. The molecule has 0 saturated carbocycles. The van der Waals surface area contributed by atoms with E-state index in [1.165, 1.54) is 0 Å². The minimum Gasteiger partial charge on any atom is -0.351 e. The van der Waals surface area contributed by atoms with E-state index in [0.29, 0.717) is 36.0 Å². The van der Waals surface area contributed by atoms with Crippen molar-refractivity contribution in [3.63, 3.8) is 0 Å². The number of carbonyl (C=O) groups excluding carboxylic acids is 2. The van der Waals surface area contributed by atoms with Crippen molar-refractivity contribution >= 4 is 57.8 Å². The van der Waals surface area contributed by atoms with Crippen molar-refractivity contribution in [1.29, 1.82) is 0 Å². The highest BCUT2D eigenvalue weighted by molar-refractivity contribution is 6.28. The first-order valence-corrected chi connectivity index (χ1v) is 16.8. The van der Waals surface area contributed by atoms with Crippen LogP contribution in [0, 0.1) is 0 Å². The van der Waals surface area contributed by atoms with Crippen LogP contribution in [0.3, 0.4) is 0 Å². The Morgan fingerprint density at radius 2 is 1.27 bits per heavy atom. The summed E-state index contributed by atoms with van der Waals surface area (Å²) >= 11 is 5.95. The highest BCUT2D eigenvalue weighted by Crippen LogP contribution is 2.41. The van der Waals surface area contributed by atoms with Crippen molar-refractivity contribution in [2.45, 2.75) is 38.8 Å². The maximum atomic E-state index is 12.8. The number of carbonyl (C=O) groups is 2. The normalized spacial score (nSPS) is 16.4. The van der Waals surface area contributed by atoms with Crippen LogP contribution in [0.4, 0.5) is 34.4 Å². The number of para-hydroxylation sites is 2. The fraction of sp³-hybridized carbons (Fsp3) is 0.222. The number of benzene rings is 2. The van der Waals surface area contributed by atoms with Gasteiger partial charge in [-0.05, 0) is 48.7 Å². The van der Waals surface area contributed by atoms with Crippen LogP contribution in [0.1, 0.15) is 26.7 Å². The summed E-state index contributed by atoms with van der Waals surface area (Å²) in [5.41, 5.74) is 3.22. The molecule has 0 radical (unpaired) electrons. The third-order valence-electron chi connectivity index (χ3n) is 8.48. The third-order valence-corrected chi connectivity index (χ3v) is 8.66. The number of H-pyrrole nitrogens is 1. The summed E-state index contributed by atoms with van der Waals surface area (Å²) in [4.78, 5) is 60.5. The Kier molecular flexibility index (Phi) is 10.6. The molecule has 2 amide bonds. The molecule has 260 valence electrons. The highest BCUT2D eigenvalue weighted by Gasteiger charge is 2.39. The smallest absolute Gasteiger partial charge is 0.250 e. The number of rotatable bonds is 5. The maximum Gasteiger partial charge on any atom is 0.250 e. The first-order chi connectivity index (χ1) is 24.8. The van der Waals surface area contributed by atoms with Gasteiger partial charge < -0.3 is 24.6 Å². The maximum absolute atomic E-state index is 12.8. The number of fused-ring (bicyclic) bond motifs is 2. The lowest BCUT2D eigenvalue weighted by molar-refractivity contribution is -0.120. The minimum atomic E-state index is -0.301. The van der Waals surface area contributed by atoms with Crippen molar-refractivity contribution in [3.8, 4) is 5.95 Å². The number of halogens is 1. The van der Waals surface area contributed by atoms with Crippen molar-refractivity contribution in [1.82, 2.24) is 39.5 Å². The zero-order valence-corrected chi connectivity index (χ0v) is 29.3. The highest BCUT2D eigenvalue weighted by atomic mass is 35.5. The Bertz CT molecular complexity index is 2030. The summed E-state index contributed by atoms with van der Waals surface area (Å²) in [5.74, 6) is 1.97. The lowest BCUT2D eigenvalue weighted by Gasteiger charge is -2.40. The summed E-state index contributed by atoms with van der Waals surface area (Å²) in [6.45, 7) is 4.00. The van der Waals surface area contributed by atoms with E-state index in [1.807, 2.05) is 84.3 Å². The van der Waals surface area contributed by atoms with E-state index in [1.54, 1.807) is 78.3 Å². The zero-order valence-electron chi connectivity index (χ0n) is 28.6. The second kappa shape index (κ2) is 15.6. The first kappa shape index (κ1) is 34.7. The number of nitrogens with zero attached hydrogens (tertiary/aromatic N) is 11. The molecule has 6 heterocycles. The molecule has 2 aliphatic rings. The molecule has 2 atom stereocenters. The molecule has 2 aromatic carbocycles. The monoisotopic (exact) mass is 704 g/mol. The van der Waals surface area contributed by atoms with E-state index in [2.05, 4.69) is 29.9 Å². The number of hydrogen-bond donors (Lipinski definition) is 1. The number of aromatic amines is 1. The number of imidazole rings is 2. The van der Waals surface area contributed by atoms with Gasteiger partial charge in [0.05, 0.1) is 18.7 Å². The molecule has 0 saturated heterocycles. The number of anilines is 6. The molecule has 8 rings (SSSR count). The SMILES string of the molecule is CCC1C(=O)N(C)c2cnc(-n3ccnc3)nc2N1c1ccccc1.CCC1C(=O)N(C)c2cnc(Cl)nc2N1c1ccccc1.c1c[nH]cn1. The van der Waals surface area contributed by atoms with Gasteiger partial charge in [-0.1, -0.05) is 50.2 Å². The summed E-state index contributed by atoms with van der Waals surface area (Å²) in [6, 6.07) is 19.0. The molecular weight excluding hydrogens is 668 g/mol. The van der Waals surface area contributed by atoms with Gasteiger partial charge >= 0.3 is 0 Å². The lowest BCUT2D eigenvalue weighted by atomic mass is 10.1. The predicted molar refractivity (Wildman–Crippen MR) is 197 cm³/mol. The van der Waals surface area contributed by atoms with Gasteiger partial charge in [-0.3, -0.25) is 14.2 Å². The second-order valence-electron chi connectivity index (χ2n) is 11.5. The molecule has 0 aliphatic carbocycles. The van der Waals surface area contributed by atoms with Gasteiger partial charge in [0.25, 0.3) is 0 Å². The van der Waals surface area contributed by atoms with E-state index in [4.69, 9.17) is 16.6 Å². The summed E-state index contributed by atoms with van der Waals surface area (Å²) < 4.78 is 1.75. The van der Waals surface area contributed by atoms with Crippen LogP contribution < -0.4 is 19.6 Å². The van der Waals surface area contributed by atoms with Gasteiger partial charge in [0, 0.05) is 50.3 Å². The number of hydrogen-bond acceptors (Lipinski definition) is 10. The quantitative estimate of drug-likeness (QED) is 0.213. The van der Waals surface area contributed by atoms with Gasteiger partial charge in [0.15, 0.2) is 11.6 Å². The molecule has 2 unspecified atom stereocenters. The first-order valence-electron chi connectivity index (χ1n) is 16.4. The fourth-order valence-electron chi connectivity index (χ4n) is 5.94. The Morgan fingerprint density at radius 3 is 1.73 bits per heavy atom. The topological polar surface area (TPSA) is 145 Å². The van der Waals surface area contributed by atoms with Gasteiger partial charge in [-0.25, -0.2) is 19.9 Å². The van der Waals surface area contributed by atoms with E-state index < -0.39 is 0 Å². The van der Waals surface area contributed by atoms with E-state index in [-0.39, 0.29) is 29.2 Å². The Labute approximate surface area is 300 Å². The summed E-state index contributed by atoms with van der Waals surface area (Å²) in [5, 5.41) is 0.173. The van der Waals surface area contributed by atoms with Crippen molar-refractivity contribution in [2.75, 3.05) is 33.7 Å². The largest absolute Gasteiger partial charge is 0.351 e. The van der Waals surface area contributed by atoms with Crippen LogP contribution in [0.25, 0.3) is 5.95 Å². The molecule has 15 heteroatoms.